The molecule has 0 bridgehead atoms. The number of rotatable bonds is 4. The van der Waals surface area contributed by atoms with Gasteiger partial charge in [-0.25, -0.2) is 8.78 Å². The molecule has 0 aliphatic heterocycles. The number of aliphatic hydroxyl groups excluding tert-OH is 1. The Morgan fingerprint density at radius 3 is 2.53 bits per heavy atom. The third kappa shape index (κ3) is 3.42. The number of ether oxygens (including phenoxy) is 1. The first-order valence-corrected chi connectivity index (χ1v) is 4.53. The number of alkyl halides is 2. The summed E-state index contributed by atoms with van der Waals surface area (Å²) in [4.78, 5) is 0. The molecule has 1 aromatic rings. The van der Waals surface area contributed by atoms with Gasteiger partial charge >= 0.3 is 0 Å². The van der Waals surface area contributed by atoms with E-state index in [1.807, 2.05) is 0 Å². The number of benzene rings is 1. The molecule has 0 aromatic heterocycles. The molecule has 98 valence electrons. The molecule has 0 aliphatic carbocycles. The van der Waals surface area contributed by atoms with Gasteiger partial charge in [0, 0.05) is 11.6 Å². The van der Waals surface area contributed by atoms with Crippen molar-refractivity contribution < 1.29 is 23.7 Å². The van der Waals surface area contributed by atoms with E-state index in [0.29, 0.717) is 0 Å². The van der Waals surface area contributed by atoms with Gasteiger partial charge in [0.15, 0.2) is 0 Å². The summed E-state index contributed by atoms with van der Waals surface area (Å²) in [5.41, 5.74) is 5.37. The van der Waals surface area contributed by atoms with Crippen molar-refractivity contribution >= 4 is 12.4 Å². The van der Waals surface area contributed by atoms with E-state index in [-0.39, 0.29) is 29.5 Å². The monoisotopic (exact) mass is 269 g/mol. The Morgan fingerprint density at radius 1 is 1.47 bits per heavy atom. The summed E-state index contributed by atoms with van der Waals surface area (Å²) in [7, 11) is 1.28. The van der Waals surface area contributed by atoms with Gasteiger partial charge in [-0.3, -0.25) is 0 Å². The van der Waals surface area contributed by atoms with Crippen LogP contribution >= 0.6 is 12.4 Å². The number of phenolic OH excluding ortho intramolecular Hbond substituents is 1. The number of hydrogen-bond acceptors (Lipinski definition) is 4. The lowest BCUT2D eigenvalue weighted by Gasteiger charge is -2.23. The molecule has 0 fully saturated rings. The van der Waals surface area contributed by atoms with Gasteiger partial charge in [-0.05, 0) is 12.1 Å². The van der Waals surface area contributed by atoms with Crippen molar-refractivity contribution in [1.29, 1.82) is 0 Å². The zero-order chi connectivity index (χ0) is 12.3. The highest BCUT2D eigenvalue weighted by Gasteiger charge is 2.38. The Labute approximate surface area is 103 Å². The Bertz CT molecular complexity index is 377. The number of methoxy groups -OCH3 is 1. The van der Waals surface area contributed by atoms with Gasteiger partial charge in [0.05, 0.1) is 7.11 Å². The van der Waals surface area contributed by atoms with Crippen LogP contribution in [0, 0.1) is 0 Å². The first kappa shape index (κ1) is 15.9. The van der Waals surface area contributed by atoms with Crippen LogP contribution in [-0.2, 0) is 0 Å². The highest BCUT2D eigenvalue weighted by molar-refractivity contribution is 5.85. The first-order chi connectivity index (χ1) is 7.42. The van der Waals surface area contributed by atoms with E-state index < -0.39 is 18.6 Å². The highest BCUT2D eigenvalue weighted by Crippen LogP contribution is 2.35. The molecule has 7 heteroatoms. The summed E-state index contributed by atoms with van der Waals surface area (Å²) >= 11 is 0. The molecule has 4 nitrogen and oxygen atoms in total. The first-order valence-electron chi connectivity index (χ1n) is 4.53. The number of aliphatic hydroxyl groups is 1. The van der Waals surface area contributed by atoms with Crippen LogP contribution in [0.15, 0.2) is 18.2 Å². The molecular formula is C10H14ClF2NO3. The molecule has 0 heterocycles. The fourth-order valence-electron chi connectivity index (χ4n) is 1.28. The Hall–Kier alpha value is -1.11. The normalized spacial score (nSPS) is 12.8. The lowest BCUT2D eigenvalue weighted by Crippen LogP contribution is -2.36. The number of halogens is 3. The smallest absolute Gasteiger partial charge is 0.289 e. The van der Waals surface area contributed by atoms with E-state index in [4.69, 9.17) is 20.7 Å². The van der Waals surface area contributed by atoms with Gasteiger partial charge in [-0.2, -0.15) is 0 Å². The van der Waals surface area contributed by atoms with Gasteiger partial charge in [0.2, 0.25) is 0 Å². The Kier molecular flexibility index (Phi) is 5.60. The molecular weight excluding hydrogens is 256 g/mol. The Balaban J connectivity index is 0.00000256. The summed E-state index contributed by atoms with van der Waals surface area (Å²) in [6, 6.07) is 1.96. The van der Waals surface area contributed by atoms with Crippen molar-refractivity contribution in [3.8, 4) is 11.5 Å². The zero-order valence-electron chi connectivity index (χ0n) is 9.06. The van der Waals surface area contributed by atoms with Gasteiger partial charge in [0.25, 0.3) is 5.92 Å². The van der Waals surface area contributed by atoms with Crippen LogP contribution in [0.4, 0.5) is 8.78 Å². The van der Waals surface area contributed by atoms with Crippen LogP contribution < -0.4 is 10.5 Å². The summed E-state index contributed by atoms with van der Waals surface area (Å²) in [6.07, 6.45) is 0. The maximum atomic E-state index is 13.2. The molecule has 0 spiro atoms. The Morgan fingerprint density at radius 2 is 2.06 bits per heavy atom. The van der Waals surface area contributed by atoms with Gasteiger partial charge in [-0.15, -0.1) is 12.4 Å². The van der Waals surface area contributed by atoms with E-state index in [9.17, 15) is 8.78 Å². The minimum absolute atomic E-state index is 0. The minimum Gasteiger partial charge on any atom is -0.508 e. The maximum absolute atomic E-state index is 13.2. The maximum Gasteiger partial charge on any atom is 0.289 e. The van der Waals surface area contributed by atoms with E-state index in [1.165, 1.54) is 25.3 Å². The van der Waals surface area contributed by atoms with Gasteiger partial charge < -0.3 is 20.7 Å². The van der Waals surface area contributed by atoms with Crippen LogP contribution in [0.3, 0.4) is 0 Å². The van der Waals surface area contributed by atoms with Crippen LogP contribution in [-0.4, -0.2) is 29.9 Å². The predicted octanol–water partition coefficient (Wildman–Crippen LogP) is 1.45. The minimum atomic E-state index is -3.44. The van der Waals surface area contributed by atoms with Crippen LogP contribution in [0.25, 0.3) is 0 Å². The second kappa shape index (κ2) is 6.00. The summed E-state index contributed by atoms with van der Waals surface area (Å²) in [5.74, 6) is -3.50. The second-order valence-electron chi connectivity index (χ2n) is 3.32. The zero-order valence-corrected chi connectivity index (χ0v) is 9.88. The van der Waals surface area contributed by atoms with Crippen LogP contribution in [0.1, 0.15) is 11.6 Å². The number of hydrogen-bond donors (Lipinski definition) is 3. The van der Waals surface area contributed by atoms with E-state index >= 15 is 0 Å². The second-order valence-corrected chi connectivity index (χ2v) is 3.32. The molecule has 0 unspecified atom stereocenters. The van der Waals surface area contributed by atoms with Crippen molar-refractivity contribution in [3.05, 3.63) is 23.8 Å². The number of nitrogens with two attached hydrogens (primary N) is 1. The number of aromatic hydroxyl groups is 1. The fraction of sp³-hybridized carbons (Fsp3) is 0.400. The molecule has 4 N–H and O–H groups in total. The topological polar surface area (TPSA) is 75.7 Å². The van der Waals surface area contributed by atoms with Crippen molar-refractivity contribution in [3.63, 3.8) is 0 Å². The quantitative estimate of drug-likeness (QED) is 0.773. The summed E-state index contributed by atoms with van der Waals surface area (Å²) < 4.78 is 31.1. The molecule has 1 rings (SSSR count). The van der Waals surface area contributed by atoms with E-state index in [1.54, 1.807) is 0 Å². The molecule has 0 radical (unpaired) electrons. The van der Waals surface area contributed by atoms with Gasteiger partial charge in [-0.1, -0.05) is 0 Å². The fourth-order valence-corrected chi connectivity index (χ4v) is 1.28. The lowest BCUT2D eigenvalue weighted by molar-refractivity contribution is -0.0715. The lowest BCUT2D eigenvalue weighted by atomic mass is 10.0. The summed E-state index contributed by atoms with van der Waals surface area (Å²) in [5, 5.41) is 17.7. The molecule has 0 aliphatic rings. The average molecular weight is 270 g/mol. The predicted molar refractivity (Wildman–Crippen MR) is 60.9 cm³/mol. The van der Waals surface area contributed by atoms with Gasteiger partial charge in [0.1, 0.15) is 24.1 Å². The van der Waals surface area contributed by atoms with Crippen LogP contribution in [0.2, 0.25) is 0 Å². The van der Waals surface area contributed by atoms with Crippen LogP contribution in [0.5, 0.6) is 11.5 Å². The summed E-state index contributed by atoms with van der Waals surface area (Å²) in [6.45, 7) is -1.35. The third-order valence-corrected chi connectivity index (χ3v) is 2.22. The van der Waals surface area contributed by atoms with E-state index in [0.717, 1.165) is 0 Å². The highest BCUT2D eigenvalue weighted by atomic mass is 35.5. The SMILES string of the molecule is COc1cc(O)ccc1[C@H](N)C(F)(F)CO.Cl. The third-order valence-electron chi connectivity index (χ3n) is 2.22. The van der Waals surface area contributed by atoms with Crippen molar-refractivity contribution in [1.82, 2.24) is 0 Å². The molecule has 0 amide bonds. The molecule has 0 saturated carbocycles. The van der Waals surface area contributed by atoms with E-state index in [2.05, 4.69) is 0 Å². The molecule has 1 aromatic carbocycles. The largest absolute Gasteiger partial charge is 0.508 e. The average Bonchev–Trinajstić information content (AvgIpc) is 2.27. The van der Waals surface area contributed by atoms with Crippen molar-refractivity contribution in [2.45, 2.75) is 12.0 Å². The van der Waals surface area contributed by atoms with Crippen molar-refractivity contribution in [2.75, 3.05) is 13.7 Å². The van der Waals surface area contributed by atoms with Crippen molar-refractivity contribution in [2.24, 2.45) is 5.73 Å². The standard InChI is InChI=1S/C10H13F2NO3.ClH/c1-16-8-4-6(15)2-3-7(8)9(13)10(11,12)5-14;/h2-4,9,14-15H,5,13H2,1H3;1H/t9-;/m0./s1. The molecule has 1 atom stereocenters. The number of phenols is 1. The molecule has 0 saturated heterocycles. The molecule has 17 heavy (non-hydrogen) atoms.